The van der Waals surface area contributed by atoms with E-state index in [0.29, 0.717) is 22.2 Å². The molecule has 0 spiro atoms. The first-order chi connectivity index (χ1) is 8.69. The van der Waals surface area contributed by atoms with Gasteiger partial charge in [0.2, 0.25) is 5.88 Å². The lowest BCUT2D eigenvalue weighted by atomic mass is 10.3. The molecule has 0 atom stereocenters. The van der Waals surface area contributed by atoms with E-state index in [0.717, 1.165) is 0 Å². The van der Waals surface area contributed by atoms with Crippen molar-refractivity contribution >= 4 is 17.5 Å². The number of ether oxygens (including phenoxy) is 1. The average molecular weight is 263 g/mol. The van der Waals surface area contributed by atoms with E-state index in [1.807, 2.05) is 0 Å². The molecule has 0 aliphatic heterocycles. The third kappa shape index (κ3) is 2.99. The third-order valence-corrected chi connectivity index (χ3v) is 2.51. The Kier molecular flexibility index (Phi) is 3.79. The second kappa shape index (κ2) is 5.51. The van der Waals surface area contributed by atoms with E-state index in [9.17, 15) is 4.79 Å². The lowest BCUT2D eigenvalue weighted by Crippen LogP contribution is -2.17. The molecular formula is C13H11ClN2O2. The first kappa shape index (κ1) is 12.4. The molecule has 1 heterocycles. The van der Waals surface area contributed by atoms with E-state index in [-0.39, 0.29) is 5.91 Å². The highest BCUT2D eigenvalue weighted by atomic mass is 35.5. The molecule has 1 amide bonds. The summed E-state index contributed by atoms with van der Waals surface area (Å²) in [5, 5.41) is 3.17. The second-order valence-corrected chi connectivity index (χ2v) is 3.96. The van der Waals surface area contributed by atoms with Gasteiger partial charge in [-0.05, 0) is 30.3 Å². The molecule has 1 aromatic heterocycles. The fourth-order valence-electron chi connectivity index (χ4n) is 1.34. The van der Waals surface area contributed by atoms with Gasteiger partial charge in [0.1, 0.15) is 5.75 Å². The van der Waals surface area contributed by atoms with Crippen LogP contribution in [-0.2, 0) is 0 Å². The van der Waals surface area contributed by atoms with Crippen molar-refractivity contribution in [1.82, 2.24) is 10.3 Å². The van der Waals surface area contributed by atoms with Crippen molar-refractivity contribution in [2.24, 2.45) is 0 Å². The van der Waals surface area contributed by atoms with Gasteiger partial charge in [-0.2, -0.15) is 0 Å². The monoisotopic (exact) mass is 262 g/mol. The number of carbonyl (C=O) groups is 1. The van der Waals surface area contributed by atoms with Gasteiger partial charge in [0, 0.05) is 24.3 Å². The van der Waals surface area contributed by atoms with Gasteiger partial charge in [-0.3, -0.25) is 4.79 Å². The van der Waals surface area contributed by atoms with E-state index in [2.05, 4.69) is 10.3 Å². The highest BCUT2D eigenvalue weighted by Gasteiger charge is 2.04. The molecule has 0 aliphatic carbocycles. The molecule has 18 heavy (non-hydrogen) atoms. The predicted molar refractivity (Wildman–Crippen MR) is 69.2 cm³/mol. The first-order valence-electron chi connectivity index (χ1n) is 5.30. The van der Waals surface area contributed by atoms with Crippen LogP contribution in [-0.4, -0.2) is 17.9 Å². The molecule has 0 saturated carbocycles. The molecule has 2 rings (SSSR count). The van der Waals surface area contributed by atoms with Crippen LogP contribution in [0.3, 0.4) is 0 Å². The summed E-state index contributed by atoms with van der Waals surface area (Å²) in [7, 11) is 1.57. The smallest absolute Gasteiger partial charge is 0.252 e. The Morgan fingerprint density at radius 1 is 1.22 bits per heavy atom. The van der Waals surface area contributed by atoms with Gasteiger partial charge in [-0.25, -0.2) is 4.98 Å². The molecule has 1 N–H and O–H groups in total. The summed E-state index contributed by atoms with van der Waals surface area (Å²) in [6.07, 6.45) is 1.46. The largest absolute Gasteiger partial charge is 0.439 e. The molecule has 2 aromatic rings. The molecule has 5 heteroatoms. The van der Waals surface area contributed by atoms with E-state index < -0.39 is 0 Å². The molecule has 1 aromatic carbocycles. The highest BCUT2D eigenvalue weighted by molar-refractivity contribution is 6.30. The summed E-state index contributed by atoms with van der Waals surface area (Å²) in [4.78, 5) is 15.4. The maximum atomic E-state index is 11.3. The number of carbonyl (C=O) groups excluding carboxylic acids is 1. The van der Waals surface area contributed by atoms with Crippen LogP contribution >= 0.6 is 11.6 Å². The number of nitrogens with one attached hydrogen (secondary N) is 1. The Morgan fingerprint density at radius 3 is 2.50 bits per heavy atom. The summed E-state index contributed by atoms with van der Waals surface area (Å²) in [6.45, 7) is 0. The predicted octanol–water partition coefficient (Wildman–Crippen LogP) is 2.89. The average Bonchev–Trinajstić information content (AvgIpc) is 2.41. The van der Waals surface area contributed by atoms with E-state index in [1.165, 1.54) is 6.20 Å². The molecule has 0 bridgehead atoms. The molecule has 4 nitrogen and oxygen atoms in total. The number of benzene rings is 1. The van der Waals surface area contributed by atoms with Crippen LogP contribution in [0.1, 0.15) is 10.4 Å². The number of rotatable bonds is 3. The molecule has 0 fully saturated rings. The topological polar surface area (TPSA) is 51.2 Å². The van der Waals surface area contributed by atoms with Crippen molar-refractivity contribution in [3.05, 3.63) is 53.2 Å². The Morgan fingerprint density at radius 2 is 1.94 bits per heavy atom. The van der Waals surface area contributed by atoms with Gasteiger partial charge in [0.25, 0.3) is 5.91 Å². The number of hydrogen-bond acceptors (Lipinski definition) is 3. The molecule has 0 radical (unpaired) electrons. The highest BCUT2D eigenvalue weighted by Crippen LogP contribution is 2.21. The summed E-state index contributed by atoms with van der Waals surface area (Å²) < 4.78 is 5.50. The van der Waals surface area contributed by atoms with Crippen LogP contribution in [0, 0.1) is 0 Å². The summed E-state index contributed by atoms with van der Waals surface area (Å²) in [6, 6.07) is 10.2. The standard InChI is InChI=1S/C13H11ClN2O2/c1-15-13(17)9-2-7-12(16-8-9)18-11-5-3-10(14)4-6-11/h2-8H,1H3,(H,15,17). The number of nitrogens with zero attached hydrogens (tertiary/aromatic N) is 1. The first-order valence-corrected chi connectivity index (χ1v) is 5.68. The van der Waals surface area contributed by atoms with Gasteiger partial charge >= 0.3 is 0 Å². The second-order valence-electron chi connectivity index (χ2n) is 3.52. The molecular weight excluding hydrogens is 252 g/mol. The molecule has 0 aliphatic rings. The maximum Gasteiger partial charge on any atom is 0.252 e. The normalized spacial score (nSPS) is 9.89. The zero-order valence-corrected chi connectivity index (χ0v) is 10.4. The Balaban J connectivity index is 2.10. The van der Waals surface area contributed by atoms with Gasteiger partial charge < -0.3 is 10.1 Å². The minimum atomic E-state index is -0.180. The summed E-state index contributed by atoms with van der Waals surface area (Å²) in [5.74, 6) is 0.880. The lowest BCUT2D eigenvalue weighted by Gasteiger charge is -2.05. The van der Waals surface area contributed by atoms with Gasteiger partial charge in [-0.15, -0.1) is 0 Å². The van der Waals surface area contributed by atoms with Gasteiger partial charge in [-0.1, -0.05) is 11.6 Å². The Labute approximate surface area is 110 Å². The lowest BCUT2D eigenvalue weighted by molar-refractivity contribution is 0.0962. The molecule has 0 unspecified atom stereocenters. The van der Waals surface area contributed by atoms with Gasteiger partial charge in [0.05, 0.1) is 5.56 Å². The van der Waals surface area contributed by atoms with Crippen molar-refractivity contribution < 1.29 is 9.53 Å². The number of halogens is 1. The number of amides is 1. The third-order valence-electron chi connectivity index (χ3n) is 2.26. The van der Waals surface area contributed by atoms with E-state index in [1.54, 1.807) is 43.4 Å². The maximum absolute atomic E-state index is 11.3. The van der Waals surface area contributed by atoms with Crippen molar-refractivity contribution in [1.29, 1.82) is 0 Å². The van der Waals surface area contributed by atoms with Crippen molar-refractivity contribution in [3.63, 3.8) is 0 Å². The SMILES string of the molecule is CNC(=O)c1ccc(Oc2ccc(Cl)cc2)nc1. The Hall–Kier alpha value is -2.07. The number of hydrogen-bond donors (Lipinski definition) is 1. The van der Waals surface area contributed by atoms with E-state index >= 15 is 0 Å². The summed E-state index contributed by atoms with van der Waals surface area (Å²) in [5.41, 5.74) is 0.487. The van der Waals surface area contributed by atoms with Crippen LogP contribution in [0.25, 0.3) is 0 Å². The zero-order chi connectivity index (χ0) is 13.0. The van der Waals surface area contributed by atoms with Crippen LogP contribution in [0.2, 0.25) is 5.02 Å². The summed E-state index contributed by atoms with van der Waals surface area (Å²) >= 11 is 5.77. The molecule has 92 valence electrons. The van der Waals surface area contributed by atoms with Crippen LogP contribution in [0.15, 0.2) is 42.6 Å². The number of pyridine rings is 1. The molecule has 0 saturated heterocycles. The quantitative estimate of drug-likeness (QED) is 0.925. The fraction of sp³-hybridized carbons (Fsp3) is 0.0769. The van der Waals surface area contributed by atoms with E-state index in [4.69, 9.17) is 16.3 Å². The van der Waals surface area contributed by atoms with Crippen molar-refractivity contribution in [3.8, 4) is 11.6 Å². The van der Waals surface area contributed by atoms with Crippen LogP contribution in [0.5, 0.6) is 11.6 Å². The number of aromatic nitrogens is 1. The van der Waals surface area contributed by atoms with Crippen LogP contribution < -0.4 is 10.1 Å². The Bertz CT molecular complexity index is 538. The van der Waals surface area contributed by atoms with Crippen molar-refractivity contribution in [2.75, 3.05) is 7.05 Å². The minimum absolute atomic E-state index is 0.180. The van der Waals surface area contributed by atoms with Crippen molar-refractivity contribution in [2.45, 2.75) is 0 Å². The van der Waals surface area contributed by atoms with Crippen LogP contribution in [0.4, 0.5) is 0 Å². The fourth-order valence-corrected chi connectivity index (χ4v) is 1.47. The minimum Gasteiger partial charge on any atom is -0.439 e. The zero-order valence-electron chi connectivity index (χ0n) is 9.68. The van der Waals surface area contributed by atoms with Gasteiger partial charge in [0.15, 0.2) is 0 Å².